The molecule has 1 heterocycles. The topological polar surface area (TPSA) is 26.8 Å². The fraction of sp³-hybridized carbons (Fsp3) is 0.632. The third-order valence-electron chi connectivity index (χ3n) is 4.72. The van der Waals surface area contributed by atoms with Crippen LogP contribution in [0.4, 0.5) is 11.4 Å². The third-order valence-corrected chi connectivity index (χ3v) is 4.72. The Labute approximate surface area is 141 Å². The van der Waals surface area contributed by atoms with Crippen LogP contribution < -0.4 is 9.80 Å². The zero-order valence-electron chi connectivity index (χ0n) is 14.9. The molecule has 4 nitrogen and oxygen atoms in total. The lowest BCUT2D eigenvalue weighted by Gasteiger charge is -2.36. The number of piperazine rings is 1. The molecule has 23 heavy (non-hydrogen) atoms. The number of carbonyl (C=O) groups excluding carboxylic acids is 1. The van der Waals surface area contributed by atoms with Gasteiger partial charge in [0.25, 0.3) is 0 Å². The van der Waals surface area contributed by atoms with Crippen molar-refractivity contribution in [2.45, 2.75) is 40.0 Å². The molecule has 1 aromatic carbocycles. The van der Waals surface area contributed by atoms with Gasteiger partial charge in [-0.15, -0.1) is 0 Å². The van der Waals surface area contributed by atoms with Crippen LogP contribution in [-0.4, -0.2) is 50.1 Å². The second-order valence-electron chi connectivity index (χ2n) is 6.16. The first-order chi connectivity index (χ1) is 11.2. The number of nitrogens with zero attached hydrogens (tertiary/aromatic N) is 3. The standard InChI is InChI=1S/C19H31N3O/c1-4-7-8-19(23)22-15-13-21(14-16-22)18-11-9-17(10-12-18)20(5-2)6-3/h9-12H,4-8,13-16H2,1-3H3. The van der Waals surface area contributed by atoms with Crippen molar-refractivity contribution in [3.8, 4) is 0 Å². The van der Waals surface area contributed by atoms with Gasteiger partial charge in [0.1, 0.15) is 0 Å². The highest BCUT2D eigenvalue weighted by molar-refractivity contribution is 5.76. The van der Waals surface area contributed by atoms with Gasteiger partial charge in [-0.1, -0.05) is 13.3 Å². The fourth-order valence-electron chi connectivity index (χ4n) is 3.16. The molecular weight excluding hydrogens is 286 g/mol. The summed E-state index contributed by atoms with van der Waals surface area (Å²) in [5.74, 6) is 0.323. The number of amides is 1. The minimum Gasteiger partial charge on any atom is -0.372 e. The molecule has 0 spiro atoms. The summed E-state index contributed by atoms with van der Waals surface area (Å²) in [5, 5.41) is 0. The summed E-state index contributed by atoms with van der Waals surface area (Å²) in [4.78, 5) is 18.9. The fourth-order valence-corrected chi connectivity index (χ4v) is 3.16. The first-order valence-electron chi connectivity index (χ1n) is 9.07. The number of hydrogen-bond acceptors (Lipinski definition) is 3. The second kappa shape index (κ2) is 8.80. The summed E-state index contributed by atoms with van der Waals surface area (Å²) in [6.07, 6.45) is 2.80. The van der Waals surface area contributed by atoms with Crippen LogP contribution in [0.5, 0.6) is 0 Å². The minimum absolute atomic E-state index is 0.323. The summed E-state index contributed by atoms with van der Waals surface area (Å²) >= 11 is 0. The quantitative estimate of drug-likeness (QED) is 0.771. The monoisotopic (exact) mass is 317 g/mol. The van der Waals surface area contributed by atoms with Gasteiger partial charge in [0.2, 0.25) is 5.91 Å². The van der Waals surface area contributed by atoms with E-state index in [9.17, 15) is 4.79 Å². The summed E-state index contributed by atoms with van der Waals surface area (Å²) in [6.45, 7) is 12.1. The molecule has 0 atom stereocenters. The van der Waals surface area contributed by atoms with Crippen molar-refractivity contribution >= 4 is 17.3 Å². The zero-order valence-corrected chi connectivity index (χ0v) is 14.9. The molecule has 0 saturated carbocycles. The van der Waals surface area contributed by atoms with Crippen LogP contribution >= 0.6 is 0 Å². The van der Waals surface area contributed by atoms with Gasteiger partial charge in [0.05, 0.1) is 0 Å². The van der Waals surface area contributed by atoms with E-state index in [4.69, 9.17) is 0 Å². The molecule has 0 aromatic heterocycles. The van der Waals surface area contributed by atoms with Crippen LogP contribution in [0.3, 0.4) is 0 Å². The minimum atomic E-state index is 0.323. The van der Waals surface area contributed by atoms with Gasteiger partial charge in [-0.05, 0) is 44.5 Å². The number of rotatable bonds is 7. The van der Waals surface area contributed by atoms with E-state index in [2.05, 4.69) is 54.8 Å². The molecule has 0 radical (unpaired) electrons. The second-order valence-corrected chi connectivity index (χ2v) is 6.16. The van der Waals surface area contributed by atoms with Crippen LogP contribution in [0.1, 0.15) is 40.0 Å². The maximum absolute atomic E-state index is 12.1. The first-order valence-corrected chi connectivity index (χ1v) is 9.07. The molecule has 1 amide bonds. The number of anilines is 2. The highest BCUT2D eigenvalue weighted by atomic mass is 16.2. The lowest BCUT2D eigenvalue weighted by molar-refractivity contribution is -0.131. The van der Waals surface area contributed by atoms with E-state index in [1.54, 1.807) is 0 Å². The van der Waals surface area contributed by atoms with Crippen molar-refractivity contribution in [1.29, 1.82) is 0 Å². The molecule has 128 valence electrons. The molecule has 0 bridgehead atoms. The van der Waals surface area contributed by atoms with Crippen molar-refractivity contribution in [1.82, 2.24) is 4.90 Å². The molecule has 2 rings (SSSR count). The van der Waals surface area contributed by atoms with E-state index in [1.807, 2.05) is 4.90 Å². The Morgan fingerprint density at radius 3 is 2.13 bits per heavy atom. The Kier molecular flexibility index (Phi) is 6.75. The lowest BCUT2D eigenvalue weighted by Crippen LogP contribution is -2.48. The van der Waals surface area contributed by atoms with Crippen LogP contribution in [0.25, 0.3) is 0 Å². The van der Waals surface area contributed by atoms with Gasteiger partial charge in [0, 0.05) is 57.1 Å². The molecule has 4 heteroatoms. The van der Waals surface area contributed by atoms with E-state index in [1.165, 1.54) is 11.4 Å². The predicted molar refractivity (Wildman–Crippen MR) is 98.3 cm³/mol. The van der Waals surface area contributed by atoms with E-state index in [0.29, 0.717) is 12.3 Å². The lowest BCUT2D eigenvalue weighted by atomic mass is 10.2. The predicted octanol–water partition coefficient (Wildman–Crippen LogP) is 3.37. The molecule has 0 unspecified atom stereocenters. The summed E-state index contributed by atoms with van der Waals surface area (Å²) < 4.78 is 0. The van der Waals surface area contributed by atoms with E-state index < -0.39 is 0 Å². The average Bonchev–Trinajstić information content (AvgIpc) is 2.61. The van der Waals surface area contributed by atoms with Crippen LogP contribution in [-0.2, 0) is 4.79 Å². The highest BCUT2D eigenvalue weighted by Crippen LogP contribution is 2.22. The smallest absolute Gasteiger partial charge is 0.222 e. The molecule has 0 aliphatic carbocycles. The first kappa shape index (κ1) is 17.6. The summed E-state index contributed by atoms with van der Waals surface area (Å²) in [6, 6.07) is 8.84. The van der Waals surface area contributed by atoms with E-state index >= 15 is 0 Å². The normalized spacial score (nSPS) is 14.9. The maximum Gasteiger partial charge on any atom is 0.222 e. The number of carbonyl (C=O) groups is 1. The number of benzene rings is 1. The van der Waals surface area contributed by atoms with Crippen LogP contribution in [0, 0.1) is 0 Å². The molecule has 1 saturated heterocycles. The summed E-state index contributed by atoms with van der Waals surface area (Å²) in [5.41, 5.74) is 2.55. The molecule has 1 aliphatic heterocycles. The summed E-state index contributed by atoms with van der Waals surface area (Å²) in [7, 11) is 0. The zero-order chi connectivity index (χ0) is 16.7. The SMILES string of the molecule is CCCCC(=O)N1CCN(c2ccc(N(CC)CC)cc2)CC1. The van der Waals surface area contributed by atoms with Crippen molar-refractivity contribution < 1.29 is 4.79 Å². The van der Waals surface area contributed by atoms with Gasteiger partial charge in [-0.3, -0.25) is 4.79 Å². The van der Waals surface area contributed by atoms with Crippen molar-refractivity contribution in [3.63, 3.8) is 0 Å². The Bertz CT molecular complexity index is 474. The van der Waals surface area contributed by atoms with Gasteiger partial charge in [-0.2, -0.15) is 0 Å². The highest BCUT2D eigenvalue weighted by Gasteiger charge is 2.20. The van der Waals surface area contributed by atoms with Gasteiger partial charge in [0.15, 0.2) is 0 Å². The number of unbranched alkanes of at least 4 members (excludes halogenated alkanes) is 1. The number of hydrogen-bond donors (Lipinski definition) is 0. The van der Waals surface area contributed by atoms with Crippen molar-refractivity contribution in [3.05, 3.63) is 24.3 Å². The molecule has 0 N–H and O–H groups in total. The third kappa shape index (κ3) is 4.63. The van der Waals surface area contributed by atoms with Crippen LogP contribution in [0.15, 0.2) is 24.3 Å². The van der Waals surface area contributed by atoms with Gasteiger partial charge in [-0.25, -0.2) is 0 Å². The average molecular weight is 317 g/mol. The Morgan fingerprint density at radius 2 is 1.61 bits per heavy atom. The van der Waals surface area contributed by atoms with Crippen molar-refractivity contribution in [2.75, 3.05) is 49.1 Å². The molecule has 1 aliphatic rings. The van der Waals surface area contributed by atoms with Gasteiger partial charge < -0.3 is 14.7 Å². The van der Waals surface area contributed by atoms with E-state index in [-0.39, 0.29) is 0 Å². The van der Waals surface area contributed by atoms with Gasteiger partial charge >= 0.3 is 0 Å². The Hall–Kier alpha value is -1.71. The molecular formula is C19H31N3O. The largest absolute Gasteiger partial charge is 0.372 e. The molecule has 1 fully saturated rings. The van der Waals surface area contributed by atoms with Crippen molar-refractivity contribution in [2.24, 2.45) is 0 Å². The molecule has 1 aromatic rings. The maximum atomic E-state index is 12.1. The Balaban J connectivity index is 1.89. The van der Waals surface area contributed by atoms with Crippen LogP contribution in [0.2, 0.25) is 0 Å². The van der Waals surface area contributed by atoms with E-state index in [0.717, 1.165) is 52.1 Å². The Morgan fingerprint density at radius 1 is 1.00 bits per heavy atom.